The molecule has 1 aliphatic heterocycles. The Morgan fingerprint density at radius 1 is 0.897 bits per heavy atom. The Morgan fingerprint density at radius 3 is 2.18 bits per heavy atom. The van der Waals surface area contributed by atoms with Gasteiger partial charge in [-0.1, -0.05) is 18.2 Å². The Morgan fingerprint density at radius 2 is 1.54 bits per heavy atom. The molecule has 208 valence electrons. The van der Waals surface area contributed by atoms with Crippen molar-refractivity contribution in [3.8, 4) is 5.75 Å². The fourth-order valence-corrected chi connectivity index (χ4v) is 7.04. The van der Waals surface area contributed by atoms with Crippen LogP contribution in [-0.4, -0.2) is 73.0 Å². The van der Waals surface area contributed by atoms with Gasteiger partial charge in [0.1, 0.15) is 18.9 Å². The summed E-state index contributed by atoms with van der Waals surface area (Å²) in [4.78, 5) is 13.0. The molecule has 3 aromatic rings. The molecule has 39 heavy (non-hydrogen) atoms. The average Bonchev–Trinajstić information content (AvgIpc) is 2.96. The molecule has 4 rings (SSSR count). The average molecular weight is 686 g/mol. The van der Waals surface area contributed by atoms with Gasteiger partial charge in [0.2, 0.25) is 15.9 Å². The van der Waals surface area contributed by atoms with Crippen LogP contribution in [0, 0.1) is 3.57 Å². The lowest BCUT2D eigenvalue weighted by atomic mass is 10.3. The van der Waals surface area contributed by atoms with Crippen molar-refractivity contribution in [3.05, 3.63) is 82.4 Å². The van der Waals surface area contributed by atoms with Crippen molar-refractivity contribution in [2.75, 3.05) is 50.3 Å². The van der Waals surface area contributed by atoms with Crippen molar-refractivity contribution in [3.63, 3.8) is 0 Å². The van der Waals surface area contributed by atoms with Gasteiger partial charge >= 0.3 is 0 Å². The van der Waals surface area contributed by atoms with Crippen molar-refractivity contribution in [2.45, 2.75) is 9.79 Å². The Balaban J connectivity index is 1.33. The summed E-state index contributed by atoms with van der Waals surface area (Å²) in [5, 5.41) is 2.68. The molecule has 1 fully saturated rings. The van der Waals surface area contributed by atoms with E-state index in [9.17, 15) is 21.6 Å². The molecular formula is C26H28IN3O7S2. The molecule has 10 nitrogen and oxygen atoms in total. The van der Waals surface area contributed by atoms with E-state index in [2.05, 4.69) is 27.9 Å². The highest BCUT2D eigenvalue weighted by molar-refractivity contribution is 14.1. The van der Waals surface area contributed by atoms with Crippen LogP contribution in [0.4, 0.5) is 5.69 Å². The van der Waals surface area contributed by atoms with E-state index in [0.717, 1.165) is 7.88 Å². The third kappa shape index (κ3) is 7.48. The van der Waals surface area contributed by atoms with Crippen molar-refractivity contribution in [1.29, 1.82) is 0 Å². The maximum absolute atomic E-state index is 13.3. The number of hydrogen-bond acceptors (Lipinski definition) is 7. The topological polar surface area (TPSA) is 122 Å². The molecule has 0 aliphatic carbocycles. The summed E-state index contributed by atoms with van der Waals surface area (Å²) >= 11 is 2.12. The maximum Gasteiger partial charge on any atom is 0.264 e. The summed E-state index contributed by atoms with van der Waals surface area (Å²) in [6.07, 6.45) is 0. The summed E-state index contributed by atoms with van der Waals surface area (Å²) in [5.74, 6) is -0.0547. The van der Waals surface area contributed by atoms with E-state index in [1.165, 1.54) is 28.6 Å². The van der Waals surface area contributed by atoms with E-state index in [1.807, 2.05) is 0 Å². The molecule has 1 heterocycles. The molecule has 1 N–H and O–H groups in total. The summed E-state index contributed by atoms with van der Waals surface area (Å²) < 4.78 is 66.4. The van der Waals surface area contributed by atoms with Gasteiger partial charge < -0.3 is 14.8 Å². The SMILES string of the molecule is O=C(CN(c1ccc(I)cc1)S(=O)(=O)c1ccccc1)NCCOc1ccc(S(=O)(=O)N2CCOCC2)cc1. The van der Waals surface area contributed by atoms with Gasteiger partial charge in [0, 0.05) is 16.7 Å². The third-order valence-corrected chi connectivity index (χ3v) is 10.3. The number of rotatable bonds is 11. The van der Waals surface area contributed by atoms with Crippen LogP contribution < -0.4 is 14.4 Å². The molecule has 0 unspecified atom stereocenters. The highest BCUT2D eigenvalue weighted by Gasteiger charge is 2.28. The number of nitrogens with zero attached hydrogens (tertiary/aromatic N) is 2. The first kappa shape index (κ1) is 29.3. The van der Waals surface area contributed by atoms with Gasteiger partial charge in [0.15, 0.2) is 0 Å². The quantitative estimate of drug-likeness (QED) is 0.244. The van der Waals surface area contributed by atoms with Crippen LogP contribution in [0.1, 0.15) is 0 Å². The lowest BCUT2D eigenvalue weighted by Gasteiger charge is -2.26. The van der Waals surface area contributed by atoms with Gasteiger partial charge in [0.25, 0.3) is 10.0 Å². The summed E-state index contributed by atoms with van der Waals surface area (Å²) in [6.45, 7) is 1.18. The third-order valence-electron chi connectivity index (χ3n) is 5.86. The lowest BCUT2D eigenvalue weighted by molar-refractivity contribution is -0.119. The van der Waals surface area contributed by atoms with Crippen LogP contribution in [0.15, 0.2) is 88.7 Å². The van der Waals surface area contributed by atoms with Crippen molar-refractivity contribution < 1.29 is 31.1 Å². The first-order valence-corrected chi connectivity index (χ1v) is 16.0. The Labute approximate surface area is 242 Å². The molecule has 0 saturated carbocycles. The second-order valence-corrected chi connectivity index (χ2v) is 13.5. The molecule has 13 heteroatoms. The number of nitrogens with one attached hydrogen (secondary N) is 1. The zero-order valence-electron chi connectivity index (χ0n) is 20.9. The molecular weight excluding hydrogens is 657 g/mol. The number of amides is 1. The van der Waals surface area contributed by atoms with E-state index in [0.29, 0.717) is 37.7 Å². The second-order valence-electron chi connectivity index (χ2n) is 8.49. The first-order chi connectivity index (χ1) is 18.7. The number of anilines is 1. The van der Waals surface area contributed by atoms with Crippen LogP contribution >= 0.6 is 22.6 Å². The highest BCUT2D eigenvalue weighted by atomic mass is 127. The predicted molar refractivity (Wildman–Crippen MR) is 155 cm³/mol. The second kappa shape index (κ2) is 13.1. The van der Waals surface area contributed by atoms with Gasteiger partial charge in [0.05, 0.1) is 35.2 Å². The van der Waals surface area contributed by atoms with Crippen LogP contribution in [0.3, 0.4) is 0 Å². The van der Waals surface area contributed by atoms with Crippen molar-refractivity contribution in [2.24, 2.45) is 0 Å². The molecule has 0 spiro atoms. The monoisotopic (exact) mass is 685 g/mol. The normalized spacial score (nSPS) is 14.5. The minimum Gasteiger partial charge on any atom is -0.492 e. The van der Waals surface area contributed by atoms with Crippen LogP contribution in [0.2, 0.25) is 0 Å². The zero-order chi connectivity index (χ0) is 27.9. The Kier molecular flexibility index (Phi) is 9.82. The number of benzene rings is 3. The van der Waals surface area contributed by atoms with Crippen LogP contribution in [0.25, 0.3) is 0 Å². The van der Waals surface area contributed by atoms with Gasteiger partial charge in [-0.15, -0.1) is 0 Å². The number of halogens is 1. The van der Waals surface area contributed by atoms with Crippen molar-refractivity contribution in [1.82, 2.24) is 9.62 Å². The Hall–Kier alpha value is -2.72. The standard InChI is InChI=1S/C26H28IN3O7S2/c27-21-6-8-22(9-7-21)30(39(34,35)24-4-2-1-3-5-24)20-26(31)28-14-17-37-23-10-12-25(13-11-23)38(32,33)29-15-18-36-19-16-29/h1-13H,14-20H2,(H,28,31). The molecule has 0 bridgehead atoms. The fourth-order valence-electron chi connectivity index (χ4n) is 3.83. The van der Waals surface area contributed by atoms with Crippen molar-refractivity contribution >= 4 is 54.2 Å². The first-order valence-electron chi connectivity index (χ1n) is 12.1. The largest absolute Gasteiger partial charge is 0.492 e. The van der Waals surface area contributed by atoms with Gasteiger partial charge in [-0.2, -0.15) is 4.31 Å². The van der Waals surface area contributed by atoms with E-state index in [4.69, 9.17) is 9.47 Å². The van der Waals surface area contributed by atoms with E-state index < -0.39 is 32.5 Å². The molecule has 1 saturated heterocycles. The zero-order valence-corrected chi connectivity index (χ0v) is 24.7. The van der Waals surface area contributed by atoms with Gasteiger partial charge in [-0.05, 0) is 83.3 Å². The molecule has 3 aromatic carbocycles. The molecule has 0 aromatic heterocycles. The smallest absolute Gasteiger partial charge is 0.264 e. The number of morpholine rings is 1. The number of sulfonamides is 2. The van der Waals surface area contributed by atoms with E-state index in [-0.39, 0.29) is 22.9 Å². The van der Waals surface area contributed by atoms with Gasteiger partial charge in [-0.3, -0.25) is 9.10 Å². The van der Waals surface area contributed by atoms with Crippen LogP contribution in [0.5, 0.6) is 5.75 Å². The van der Waals surface area contributed by atoms with Gasteiger partial charge in [-0.25, -0.2) is 16.8 Å². The number of ether oxygens (including phenoxy) is 2. The number of carbonyl (C=O) groups is 1. The lowest BCUT2D eigenvalue weighted by Crippen LogP contribution is -2.41. The number of hydrogen-bond donors (Lipinski definition) is 1. The van der Waals surface area contributed by atoms with Crippen LogP contribution in [-0.2, 0) is 29.6 Å². The summed E-state index contributed by atoms with van der Waals surface area (Å²) in [6, 6.07) is 20.9. The van der Waals surface area contributed by atoms with E-state index >= 15 is 0 Å². The minimum absolute atomic E-state index is 0.0822. The fraction of sp³-hybridized carbons (Fsp3) is 0.269. The molecule has 0 atom stereocenters. The predicted octanol–water partition coefficient (Wildman–Crippen LogP) is 2.70. The molecule has 1 amide bonds. The summed E-state index contributed by atoms with van der Waals surface area (Å²) in [7, 11) is -7.58. The maximum atomic E-state index is 13.3. The highest BCUT2D eigenvalue weighted by Crippen LogP contribution is 2.24. The molecule has 0 radical (unpaired) electrons. The number of carbonyl (C=O) groups excluding carboxylic acids is 1. The van der Waals surface area contributed by atoms with E-state index in [1.54, 1.807) is 54.6 Å². The molecule has 1 aliphatic rings. The summed E-state index contributed by atoms with van der Waals surface area (Å²) in [5.41, 5.74) is 0.373. The minimum atomic E-state index is -3.98. The Bertz CT molecular complexity index is 1460.